The lowest BCUT2D eigenvalue weighted by molar-refractivity contribution is 0.146. The summed E-state index contributed by atoms with van der Waals surface area (Å²) in [5.74, 6) is 0.474. The van der Waals surface area contributed by atoms with E-state index >= 15 is 0 Å². The van der Waals surface area contributed by atoms with E-state index in [0.717, 1.165) is 12.8 Å². The van der Waals surface area contributed by atoms with Crippen molar-refractivity contribution in [3.05, 3.63) is 23.2 Å². The Bertz CT molecular complexity index is 503. The predicted octanol–water partition coefficient (Wildman–Crippen LogP) is 4.21. The fraction of sp³-hybridized carbons (Fsp3) is 0.588. The molecule has 1 fully saturated rings. The number of nitrogens with one attached hydrogen (secondary N) is 2. The Balaban J connectivity index is 1.95. The minimum absolute atomic E-state index is 0.212. The molecule has 0 saturated heterocycles. The van der Waals surface area contributed by atoms with Crippen LogP contribution in [0.2, 0.25) is 5.02 Å². The number of carbonyl (C=O) groups excluding carboxylic acids is 1. The molecule has 0 atom stereocenters. The van der Waals surface area contributed by atoms with Gasteiger partial charge in [0.25, 0.3) is 0 Å². The van der Waals surface area contributed by atoms with Gasteiger partial charge in [0.1, 0.15) is 6.61 Å². The van der Waals surface area contributed by atoms with Crippen LogP contribution in [0.15, 0.2) is 18.2 Å². The first-order valence-corrected chi connectivity index (χ1v) is 8.56. The van der Waals surface area contributed by atoms with E-state index in [9.17, 15) is 4.79 Å². The van der Waals surface area contributed by atoms with Crippen LogP contribution in [0.5, 0.6) is 5.75 Å². The highest BCUT2D eigenvalue weighted by molar-refractivity contribution is 6.32. The number of anilines is 1. The predicted molar refractivity (Wildman–Crippen MR) is 92.5 cm³/mol. The maximum absolute atomic E-state index is 12.2. The number of ether oxygens (including phenoxy) is 2. The third-order valence-corrected chi connectivity index (χ3v) is 4.24. The molecule has 1 aromatic rings. The van der Waals surface area contributed by atoms with Crippen LogP contribution < -0.4 is 15.4 Å². The largest absolute Gasteiger partial charge is 0.487 e. The van der Waals surface area contributed by atoms with Crippen LogP contribution in [0.3, 0.4) is 0 Å². The van der Waals surface area contributed by atoms with Gasteiger partial charge in [-0.1, -0.05) is 43.4 Å². The highest BCUT2D eigenvalue weighted by Crippen LogP contribution is 2.32. The smallest absolute Gasteiger partial charge is 0.319 e. The molecule has 6 heteroatoms. The maximum atomic E-state index is 12.2. The quantitative estimate of drug-likeness (QED) is 0.602. The minimum Gasteiger partial charge on any atom is -0.487 e. The Labute approximate surface area is 142 Å². The molecule has 0 aromatic heterocycles. The lowest BCUT2D eigenvalue weighted by Gasteiger charge is -2.18. The van der Waals surface area contributed by atoms with Crippen molar-refractivity contribution in [1.82, 2.24) is 5.32 Å². The Morgan fingerprint density at radius 2 is 1.96 bits per heavy atom. The first-order valence-electron chi connectivity index (χ1n) is 8.18. The van der Waals surface area contributed by atoms with Gasteiger partial charge in [0.05, 0.1) is 17.3 Å². The third kappa shape index (κ3) is 5.92. The Morgan fingerprint density at radius 3 is 2.65 bits per heavy atom. The number of hydrogen-bond donors (Lipinski definition) is 2. The van der Waals surface area contributed by atoms with Crippen molar-refractivity contribution in [2.45, 2.75) is 44.6 Å². The molecule has 1 aliphatic rings. The molecule has 0 aliphatic heterocycles. The summed E-state index contributed by atoms with van der Waals surface area (Å²) in [7, 11) is 1.61. The van der Waals surface area contributed by atoms with Crippen molar-refractivity contribution in [2.24, 2.45) is 0 Å². The van der Waals surface area contributed by atoms with Gasteiger partial charge in [-0.05, 0) is 25.0 Å². The van der Waals surface area contributed by atoms with Crippen LogP contribution in [0, 0.1) is 0 Å². The van der Waals surface area contributed by atoms with Crippen molar-refractivity contribution in [3.8, 4) is 5.75 Å². The number of benzene rings is 1. The van der Waals surface area contributed by atoms with Crippen LogP contribution >= 0.6 is 11.6 Å². The maximum Gasteiger partial charge on any atom is 0.319 e. The van der Waals surface area contributed by atoms with Crippen LogP contribution in [0.25, 0.3) is 0 Å². The molecular formula is C17H25ClN2O3. The molecule has 5 nitrogen and oxygen atoms in total. The second-order valence-electron chi connectivity index (χ2n) is 5.74. The van der Waals surface area contributed by atoms with E-state index < -0.39 is 0 Å². The number of hydrogen-bond acceptors (Lipinski definition) is 3. The van der Waals surface area contributed by atoms with Crippen LogP contribution in [0.4, 0.5) is 10.5 Å². The number of para-hydroxylation sites is 1. The van der Waals surface area contributed by atoms with Gasteiger partial charge in [0.2, 0.25) is 0 Å². The first-order chi connectivity index (χ1) is 11.2. The van der Waals surface area contributed by atoms with E-state index in [1.807, 2.05) is 0 Å². The molecule has 0 heterocycles. The summed E-state index contributed by atoms with van der Waals surface area (Å²) in [6.45, 7) is 0.831. The summed E-state index contributed by atoms with van der Waals surface area (Å²) < 4.78 is 10.6. The van der Waals surface area contributed by atoms with Crippen molar-refractivity contribution in [1.29, 1.82) is 0 Å². The lowest BCUT2D eigenvalue weighted by atomic mass is 10.1. The van der Waals surface area contributed by atoms with Gasteiger partial charge >= 0.3 is 6.03 Å². The van der Waals surface area contributed by atoms with Crippen LogP contribution in [0.1, 0.15) is 38.5 Å². The number of urea groups is 1. The van der Waals surface area contributed by atoms with Gasteiger partial charge in [-0.15, -0.1) is 0 Å². The van der Waals surface area contributed by atoms with Gasteiger partial charge < -0.3 is 20.1 Å². The molecule has 0 spiro atoms. The summed E-state index contributed by atoms with van der Waals surface area (Å²) in [4.78, 5) is 12.2. The lowest BCUT2D eigenvalue weighted by Crippen LogP contribution is -2.37. The van der Waals surface area contributed by atoms with Crippen molar-refractivity contribution in [3.63, 3.8) is 0 Å². The van der Waals surface area contributed by atoms with Crippen LogP contribution in [-0.2, 0) is 4.74 Å². The SMILES string of the molecule is COCCOc1c(Cl)cccc1NC(=O)NC1CCCCCC1. The standard InChI is InChI=1S/C17H25ClN2O3/c1-22-11-12-23-16-14(18)9-6-10-15(16)20-17(21)19-13-7-4-2-3-5-8-13/h6,9-10,13H,2-5,7-8,11-12H2,1H3,(H2,19,20,21). The number of rotatable bonds is 6. The Hall–Kier alpha value is -1.46. The summed E-state index contributed by atoms with van der Waals surface area (Å²) >= 11 is 6.17. The molecule has 23 heavy (non-hydrogen) atoms. The zero-order chi connectivity index (χ0) is 16.5. The van der Waals surface area contributed by atoms with E-state index in [4.69, 9.17) is 21.1 Å². The number of amides is 2. The Kier molecular flexibility index (Phi) is 7.49. The molecule has 2 amide bonds. The number of halogens is 1. The molecule has 0 bridgehead atoms. The summed E-state index contributed by atoms with van der Waals surface area (Å²) in [5.41, 5.74) is 0.569. The van der Waals surface area contributed by atoms with Crippen LogP contribution in [-0.4, -0.2) is 32.4 Å². The van der Waals surface area contributed by atoms with E-state index in [1.165, 1.54) is 25.7 Å². The number of methoxy groups -OCH3 is 1. The zero-order valence-corrected chi connectivity index (χ0v) is 14.3. The van der Waals surface area contributed by atoms with Gasteiger partial charge in [0, 0.05) is 13.2 Å². The monoisotopic (exact) mass is 340 g/mol. The van der Waals surface area contributed by atoms with E-state index in [-0.39, 0.29) is 12.1 Å². The molecule has 128 valence electrons. The summed E-state index contributed by atoms with van der Waals surface area (Å²) in [6.07, 6.45) is 6.94. The molecule has 1 saturated carbocycles. The van der Waals surface area contributed by atoms with E-state index in [1.54, 1.807) is 25.3 Å². The van der Waals surface area contributed by atoms with Gasteiger partial charge in [-0.25, -0.2) is 4.79 Å². The van der Waals surface area contributed by atoms with Crippen molar-refractivity contribution in [2.75, 3.05) is 25.6 Å². The fourth-order valence-corrected chi connectivity index (χ4v) is 2.98. The molecular weight excluding hydrogens is 316 g/mol. The normalized spacial score (nSPS) is 15.7. The molecule has 2 rings (SSSR count). The zero-order valence-electron chi connectivity index (χ0n) is 13.6. The fourth-order valence-electron chi connectivity index (χ4n) is 2.75. The average molecular weight is 341 g/mol. The summed E-state index contributed by atoms with van der Waals surface area (Å²) in [5, 5.41) is 6.36. The third-order valence-electron chi connectivity index (χ3n) is 3.94. The molecule has 0 radical (unpaired) electrons. The second-order valence-corrected chi connectivity index (χ2v) is 6.15. The van der Waals surface area contributed by atoms with E-state index in [0.29, 0.717) is 29.7 Å². The Morgan fingerprint density at radius 1 is 1.22 bits per heavy atom. The molecule has 0 unspecified atom stereocenters. The number of carbonyl (C=O) groups is 1. The topological polar surface area (TPSA) is 59.6 Å². The molecule has 2 N–H and O–H groups in total. The minimum atomic E-state index is -0.212. The second kappa shape index (κ2) is 9.63. The first kappa shape index (κ1) is 17.9. The van der Waals surface area contributed by atoms with E-state index in [2.05, 4.69) is 10.6 Å². The van der Waals surface area contributed by atoms with Crippen molar-refractivity contribution < 1.29 is 14.3 Å². The average Bonchev–Trinajstić information content (AvgIpc) is 2.78. The van der Waals surface area contributed by atoms with Gasteiger partial charge in [-0.2, -0.15) is 0 Å². The summed E-state index contributed by atoms with van der Waals surface area (Å²) in [6, 6.07) is 5.33. The van der Waals surface area contributed by atoms with Gasteiger partial charge in [0.15, 0.2) is 5.75 Å². The van der Waals surface area contributed by atoms with Crippen molar-refractivity contribution >= 4 is 23.3 Å². The highest BCUT2D eigenvalue weighted by atomic mass is 35.5. The molecule has 1 aliphatic carbocycles. The molecule has 1 aromatic carbocycles. The van der Waals surface area contributed by atoms with Gasteiger partial charge in [-0.3, -0.25) is 0 Å². The highest BCUT2D eigenvalue weighted by Gasteiger charge is 2.16.